The highest BCUT2D eigenvalue weighted by molar-refractivity contribution is 5.72. The Morgan fingerprint density at radius 2 is 1.70 bits per heavy atom. The number of rotatable bonds is 7. The van der Waals surface area contributed by atoms with E-state index in [1.807, 2.05) is 0 Å². The fraction of sp³-hybridized carbons (Fsp3) is 0.435. The first-order valence-corrected chi connectivity index (χ1v) is 9.79. The second-order valence-corrected chi connectivity index (χ2v) is 7.35. The summed E-state index contributed by atoms with van der Waals surface area (Å²) >= 11 is 0. The zero-order chi connectivity index (χ0) is 19.3. The van der Waals surface area contributed by atoms with Crippen molar-refractivity contribution >= 4 is 6.29 Å². The molecule has 0 unspecified atom stereocenters. The molecule has 3 rings (SSSR count). The van der Waals surface area contributed by atoms with E-state index in [0.717, 1.165) is 38.4 Å². The van der Waals surface area contributed by atoms with Gasteiger partial charge in [0.15, 0.2) is 11.6 Å². The van der Waals surface area contributed by atoms with Crippen LogP contribution in [0.25, 0.3) is 11.1 Å². The minimum Gasteiger partial charge on any atom is -0.494 e. The van der Waals surface area contributed by atoms with E-state index in [-0.39, 0.29) is 11.1 Å². The summed E-state index contributed by atoms with van der Waals surface area (Å²) in [6.07, 6.45) is 6.75. The zero-order valence-electron chi connectivity index (χ0n) is 15.8. The number of hydrogen-bond donors (Lipinski definition) is 0. The summed E-state index contributed by atoms with van der Waals surface area (Å²) < 4.78 is 35.3. The standard InChI is InChI=1S/C23H26F2O2/c1-2-3-15-27-18-9-7-17(8-10-18)19-11-12-20(22(25)21(19)24)23(16-26)13-5-4-6-14-23/h7-12,16H,2-6,13-15H2,1H3. The summed E-state index contributed by atoms with van der Waals surface area (Å²) in [6.45, 7) is 2.73. The van der Waals surface area contributed by atoms with Crippen LogP contribution in [0.3, 0.4) is 0 Å². The molecule has 144 valence electrons. The van der Waals surface area contributed by atoms with Crippen LogP contribution in [0, 0.1) is 11.6 Å². The second kappa shape index (κ2) is 8.64. The first kappa shape index (κ1) is 19.5. The molecule has 2 aromatic carbocycles. The second-order valence-electron chi connectivity index (χ2n) is 7.35. The third kappa shape index (κ3) is 4.05. The summed E-state index contributed by atoms with van der Waals surface area (Å²) in [4.78, 5) is 11.7. The van der Waals surface area contributed by atoms with Gasteiger partial charge in [0.2, 0.25) is 0 Å². The summed E-state index contributed by atoms with van der Waals surface area (Å²) in [5.41, 5.74) is 0.0920. The summed E-state index contributed by atoms with van der Waals surface area (Å²) in [7, 11) is 0. The van der Waals surface area contributed by atoms with Gasteiger partial charge in [-0.2, -0.15) is 0 Å². The lowest BCUT2D eigenvalue weighted by atomic mass is 9.70. The summed E-state index contributed by atoms with van der Waals surface area (Å²) in [6, 6.07) is 10.2. The average molecular weight is 372 g/mol. The number of halogens is 2. The summed E-state index contributed by atoms with van der Waals surface area (Å²) in [5, 5.41) is 0. The molecule has 4 heteroatoms. The topological polar surface area (TPSA) is 26.3 Å². The lowest BCUT2D eigenvalue weighted by Crippen LogP contribution is -2.32. The smallest absolute Gasteiger partial charge is 0.166 e. The van der Waals surface area contributed by atoms with Crippen LogP contribution in [0.5, 0.6) is 5.75 Å². The molecule has 0 aliphatic heterocycles. The van der Waals surface area contributed by atoms with E-state index >= 15 is 0 Å². The SMILES string of the molecule is CCCCOc1ccc(-c2ccc(C3(C=O)CCCCC3)c(F)c2F)cc1. The average Bonchev–Trinajstić information content (AvgIpc) is 2.71. The molecule has 0 amide bonds. The van der Waals surface area contributed by atoms with Crippen LogP contribution in [0.4, 0.5) is 8.78 Å². The van der Waals surface area contributed by atoms with Crippen LogP contribution in [0.1, 0.15) is 57.4 Å². The van der Waals surface area contributed by atoms with Crippen LogP contribution in [-0.4, -0.2) is 12.9 Å². The van der Waals surface area contributed by atoms with Gasteiger partial charge in [0, 0.05) is 11.1 Å². The fourth-order valence-electron chi connectivity index (χ4n) is 3.86. The Balaban J connectivity index is 1.87. The minimum absolute atomic E-state index is 0.193. The van der Waals surface area contributed by atoms with Crippen molar-refractivity contribution in [3.63, 3.8) is 0 Å². The van der Waals surface area contributed by atoms with E-state index < -0.39 is 17.0 Å². The van der Waals surface area contributed by atoms with Gasteiger partial charge in [-0.1, -0.05) is 56.9 Å². The lowest BCUT2D eigenvalue weighted by molar-refractivity contribution is -0.113. The molecule has 27 heavy (non-hydrogen) atoms. The van der Waals surface area contributed by atoms with E-state index in [1.54, 1.807) is 36.4 Å². The molecule has 2 aromatic rings. The lowest BCUT2D eigenvalue weighted by Gasteiger charge is -2.33. The van der Waals surface area contributed by atoms with E-state index in [2.05, 4.69) is 6.92 Å². The molecular weight excluding hydrogens is 346 g/mol. The van der Waals surface area contributed by atoms with E-state index in [0.29, 0.717) is 30.8 Å². The van der Waals surface area contributed by atoms with Crippen molar-refractivity contribution in [3.8, 4) is 16.9 Å². The predicted octanol–water partition coefficient (Wildman–Crippen LogP) is 6.21. The number of carbonyl (C=O) groups excluding carboxylic acids is 1. The molecule has 1 fully saturated rings. The normalized spacial score (nSPS) is 16.1. The number of aldehydes is 1. The largest absolute Gasteiger partial charge is 0.494 e. The summed E-state index contributed by atoms with van der Waals surface area (Å²) in [5.74, 6) is -1.07. The first-order valence-electron chi connectivity index (χ1n) is 9.79. The van der Waals surface area contributed by atoms with Gasteiger partial charge in [0.05, 0.1) is 12.0 Å². The van der Waals surface area contributed by atoms with Gasteiger partial charge >= 0.3 is 0 Å². The van der Waals surface area contributed by atoms with Gasteiger partial charge in [-0.15, -0.1) is 0 Å². The number of hydrogen-bond acceptors (Lipinski definition) is 2. The molecule has 0 aromatic heterocycles. The first-order chi connectivity index (χ1) is 13.1. The van der Waals surface area contributed by atoms with Gasteiger partial charge in [0.1, 0.15) is 12.0 Å². The maximum atomic E-state index is 14.9. The highest BCUT2D eigenvalue weighted by atomic mass is 19.2. The van der Waals surface area contributed by atoms with Crippen molar-refractivity contribution in [1.29, 1.82) is 0 Å². The fourth-order valence-corrected chi connectivity index (χ4v) is 3.86. The maximum Gasteiger partial charge on any atom is 0.166 e. The number of carbonyl (C=O) groups is 1. The zero-order valence-corrected chi connectivity index (χ0v) is 15.8. The Labute approximate surface area is 159 Å². The van der Waals surface area contributed by atoms with Crippen LogP contribution >= 0.6 is 0 Å². The van der Waals surface area contributed by atoms with Crippen LogP contribution < -0.4 is 4.74 Å². The Hall–Kier alpha value is -2.23. The Kier molecular flexibility index (Phi) is 6.25. The van der Waals surface area contributed by atoms with Crippen molar-refractivity contribution in [2.45, 2.75) is 57.3 Å². The molecule has 1 aliphatic carbocycles. The number of benzene rings is 2. The van der Waals surface area contributed by atoms with Crippen LogP contribution in [0.15, 0.2) is 36.4 Å². The van der Waals surface area contributed by atoms with Crippen molar-refractivity contribution in [2.75, 3.05) is 6.61 Å². The Morgan fingerprint density at radius 3 is 2.33 bits per heavy atom. The van der Waals surface area contributed by atoms with Gasteiger partial charge in [-0.25, -0.2) is 8.78 Å². The molecule has 0 N–H and O–H groups in total. The van der Waals surface area contributed by atoms with Crippen molar-refractivity contribution in [3.05, 3.63) is 53.6 Å². The molecule has 1 aliphatic rings. The van der Waals surface area contributed by atoms with Gasteiger partial charge in [-0.05, 0) is 37.0 Å². The molecule has 0 bridgehead atoms. The number of ether oxygens (including phenoxy) is 1. The van der Waals surface area contributed by atoms with Crippen LogP contribution in [-0.2, 0) is 10.2 Å². The molecule has 0 saturated heterocycles. The van der Waals surface area contributed by atoms with Gasteiger partial charge in [0.25, 0.3) is 0 Å². The molecule has 2 nitrogen and oxygen atoms in total. The van der Waals surface area contributed by atoms with E-state index in [4.69, 9.17) is 4.74 Å². The highest BCUT2D eigenvalue weighted by Crippen LogP contribution is 2.41. The van der Waals surface area contributed by atoms with Gasteiger partial charge < -0.3 is 9.53 Å². The minimum atomic E-state index is -0.898. The maximum absolute atomic E-state index is 14.9. The Morgan fingerprint density at radius 1 is 1.00 bits per heavy atom. The van der Waals surface area contributed by atoms with Crippen LogP contribution in [0.2, 0.25) is 0 Å². The third-order valence-electron chi connectivity index (χ3n) is 5.52. The number of unbranched alkanes of at least 4 members (excludes halogenated alkanes) is 1. The van der Waals surface area contributed by atoms with E-state index in [9.17, 15) is 13.6 Å². The highest BCUT2D eigenvalue weighted by Gasteiger charge is 2.37. The molecule has 0 radical (unpaired) electrons. The van der Waals surface area contributed by atoms with Crippen molar-refractivity contribution < 1.29 is 18.3 Å². The quantitative estimate of drug-likeness (QED) is 0.426. The molecule has 0 heterocycles. The molecule has 0 atom stereocenters. The molecule has 0 spiro atoms. The van der Waals surface area contributed by atoms with Gasteiger partial charge in [-0.3, -0.25) is 0 Å². The van der Waals surface area contributed by atoms with Crippen molar-refractivity contribution in [2.24, 2.45) is 0 Å². The van der Waals surface area contributed by atoms with E-state index in [1.165, 1.54) is 0 Å². The predicted molar refractivity (Wildman–Crippen MR) is 103 cm³/mol. The monoisotopic (exact) mass is 372 g/mol. The van der Waals surface area contributed by atoms with Crippen molar-refractivity contribution in [1.82, 2.24) is 0 Å². The third-order valence-corrected chi connectivity index (χ3v) is 5.52. The Bertz CT molecular complexity index is 778. The molecule has 1 saturated carbocycles. The molecular formula is C23H26F2O2.